The molecule has 0 spiro atoms. The number of carbonyl (C=O) groups is 2. The highest BCUT2D eigenvalue weighted by atomic mass is 35.5. The molecule has 0 atom stereocenters. The van der Waals surface area contributed by atoms with Gasteiger partial charge in [0.25, 0.3) is 11.8 Å². The van der Waals surface area contributed by atoms with E-state index >= 15 is 0 Å². The minimum absolute atomic E-state index is 0.00770. The van der Waals surface area contributed by atoms with Gasteiger partial charge in [0.15, 0.2) is 0 Å². The molecule has 9 nitrogen and oxygen atoms in total. The summed E-state index contributed by atoms with van der Waals surface area (Å²) in [6, 6.07) is 15.2. The van der Waals surface area contributed by atoms with E-state index in [-0.39, 0.29) is 17.1 Å². The van der Waals surface area contributed by atoms with Gasteiger partial charge in [0.1, 0.15) is 5.69 Å². The molecule has 1 saturated carbocycles. The summed E-state index contributed by atoms with van der Waals surface area (Å²) in [6.45, 7) is 8.66. The second-order valence-corrected chi connectivity index (χ2v) is 14.1. The quantitative estimate of drug-likeness (QED) is 0.433. The molecule has 6 rings (SSSR count). The van der Waals surface area contributed by atoms with E-state index in [4.69, 9.17) is 11.6 Å². The lowest BCUT2D eigenvalue weighted by atomic mass is 10.1. The predicted molar refractivity (Wildman–Crippen MR) is 160 cm³/mol. The van der Waals surface area contributed by atoms with Crippen molar-refractivity contribution in [3.05, 3.63) is 64.8 Å². The summed E-state index contributed by atoms with van der Waals surface area (Å²) in [6.07, 6.45) is 1.44. The van der Waals surface area contributed by atoms with Crippen LogP contribution in [0.4, 0.5) is 0 Å². The molecule has 2 amide bonds. The molecule has 2 saturated heterocycles. The van der Waals surface area contributed by atoms with Gasteiger partial charge >= 0.3 is 0 Å². The molecule has 11 heteroatoms. The maximum atomic E-state index is 13.9. The molecule has 2 aliphatic heterocycles. The van der Waals surface area contributed by atoms with Gasteiger partial charge in [-0.3, -0.25) is 14.5 Å². The average molecular weight is 598 g/mol. The van der Waals surface area contributed by atoms with E-state index in [0.717, 1.165) is 42.5 Å². The van der Waals surface area contributed by atoms with Gasteiger partial charge in [-0.15, -0.1) is 0 Å². The lowest BCUT2D eigenvalue weighted by molar-refractivity contribution is 0.0595. The molecule has 3 heterocycles. The van der Waals surface area contributed by atoms with Gasteiger partial charge in [-0.1, -0.05) is 17.7 Å². The fourth-order valence-electron chi connectivity index (χ4n) is 5.91. The summed E-state index contributed by atoms with van der Waals surface area (Å²) in [4.78, 5) is 33.3. The Morgan fingerprint density at radius 1 is 0.829 bits per heavy atom. The maximum absolute atomic E-state index is 13.9. The number of sulfonamides is 1. The molecule has 0 unspecified atom stereocenters. The van der Waals surface area contributed by atoms with Gasteiger partial charge in [0, 0.05) is 80.1 Å². The number of piperazine rings is 2. The Balaban J connectivity index is 1.29. The Kier molecular flexibility index (Phi) is 7.61. The molecule has 0 N–H and O–H groups in total. The number of amides is 2. The average Bonchev–Trinajstić information content (AvgIpc) is 3.77. The molecule has 1 aliphatic carbocycles. The van der Waals surface area contributed by atoms with E-state index in [1.165, 1.54) is 4.31 Å². The molecule has 0 radical (unpaired) electrons. The van der Waals surface area contributed by atoms with Crippen LogP contribution in [0.25, 0.3) is 16.6 Å². The minimum Gasteiger partial charge on any atom is -0.336 e. The Labute approximate surface area is 246 Å². The summed E-state index contributed by atoms with van der Waals surface area (Å²) in [5.41, 5.74) is 2.59. The number of benzene rings is 2. The number of hydrogen-bond donors (Lipinski definition) is 0. The molecule has 2 aromatic carbocycles. The monoisotopic (exact) mass is 597 g/mol. The smallest absolute Gasteiger partial charge is 0.270 e. The van der Waals surface area contributed by atoms with E-state index in [0.29, 0.717) is 61.6 Å². The lowest BCUT2D eigenvalue weighted by Gasteiger charge is -2.37. The van der Waals surface area contributed by atoms with Crippen LogP contribution in [-0.2, 0) is 10.0 Å². The first kappa shape index (κ1) is 28.2. The van der Waals surface area contributed by atoms with Crippen LogP contribution in [0.1, 0.15) is 47.5 Å². The van der Waals surface area contributed by atoms with Crippen molar-refractivity contribution in [1.82, 2.24) is 23.6 Å². The maximum Gasteiger partial charge on any atom is 0.270 e. The van der Waals surface area contributed by atoms with Crippen molar-refractivity contribution in [2.45, 2.75) is 38.0 Å². The minimum atomic E-state index is -3.27. The zero-order chi connectivity index (χ0) is 28.9. The number of nitrogens with zero attached hydrogens (tertiary/aromatic N) is 5. The molecular weight excluding hydrogens is 562 g/mol. The van der Waals surface area contributed by atoms with E-state index in [9.17, 15) is 18.0 Å². The van der Waals surface area contributed by atoms with E-state index in [1.807, 2.05) is 51.9 Å². The topological polar surface area (TPSA) is 86.2 Å². The summed E-state index contributed by atoms with van der Waals surface area (Å²) in [5, 5.41) is 1.08. The van der Waals surface area contributed by atoms with Crippen LogP contribution in [0.3, 0.4) is 0 Å². The van der Waals surface area contributed by atoms with Crippen molar-refractivity contribution in [1.29, 1.82) is 0 Å². The predicted octanol–water partition coefficient (Wildman–Crippen LogP) is 3.70. The molecule has 218 valence electrons. The SMILES string of the molecule is CC(C)N1CCN(C(=O)c2ccc3c(c2)cc(C(=O)N2CCN(S(=O)(=O)C4CC4)CC2)n3-c2cccc(Cl)c2)CC1. The van der Waals surface area contributed by atoms with Crippen molar-refractivity contribution in [2.75, 3.05) is 52.4 Å². The third-order valence-corrected chi connectivity index (χ3v) is 11.1. The third kappa shape index (κ3) is 5.50. The van der Waals surface area contributed by atoms with Gasteiger partial charge in [0.2, 0.25) is 10.0 Å². The van der Waals surface area contributed by atoms with Crippen LogP contribution in [0.5, 0.6) is 0 Å². The number of hydrogen-bond acceptors (Lipinski definition) is 5. The van der Waals surface area contributed by atoms with Gasteiger partial charge < -0.3 is 14.4 Å². The van der Waals surface area contributed by atoms with Gasteiger partial charge in [-0.05, 0) is 69.2 Å². The van der Waals surface area contributed by atoms with Crippen LogP contribution in [0.15, 0.2) is 48.5 Å². The first-order chi connectivity index (χ1) is 19.6. The standard InChI is InChI=1S/C30H36ClN5O4S/c1-21(2)32-10-12-33(13-11-32)29(37)22-6-9-27-23(18-22)19-28(36(27)25-5-3-4-24(31)20-25)30(38)34-14-16-35(17-15-34)41(39,40)26-7-8-26/h3-6,9,18-21,26H,7-8,10-17H2,1-2H3. The summed E-state index contributed by atoms with van der Waals surface area (Å²) in [7, 11) is -3.27. The first-order valence-electron chi connectivity index (χ1n) is 14.4. The largest absolute Gasteiger partial charge is 0.336 e. The van der Waals surface area contributed by atoms with E-state index in [1.54, 1.807) is 11.0 Å². The van der Waals surface area contributed by atoms with Crippen LogP contribution in [-0.4, -0.2) is 107 Å². The number of fused-ring (bicyclic) bond motifs is 1. The van der Waals surface area contributed by atoms with Crippen LogP contribution in [0.2, 0.25) is 5.02 Å². The number of halogens is 1. The van der Waals surface area contributed by atoms with Crippen molar-refractivity contribution in [3.63, 3.8) is 0 Å². The van der Waals surface area contributed by atoms with Crippen LogP contribution < -0.4 is 0 Å². The Morgan fingerprint density at radius 2 is 1.49 bits per heavy atom. The molecule has 41 heavy (non-hydrogen) atoms. The number of rotatable bonds is 6. The van der Waals surface area contributed by atoms with Crippen LogP contribution >= 0.6 is 11.6 Å². The van der Waals surface area contributed by atoms with E-state index in [2.05, 4.69) is 18.7 Å². The zero-order valence-corrected chi connectivity index (χ0v) is 25.1. The normalized spacial score (nSPS) is 19.3. The van der Waals surface area contributed by atoms with Gasteiger partial charge in [-0.2, -0.15) is 4.31 Å². The van der Waals surface area contributed by atoms with E-state index < -0.39 is 10.0 Å². The molecule has 1 aromatic heterocycles. The van der Waals surface area contributed by atoms with Crippen molar-refractivity contribution >= 4 is 44.3 Å². The molecular formula is C30H36ClN5O4S. The zero-order valence-electron chi connectivity index (χ0n) is 23.5. The molecule has 3 aliphatic rings. The van der Waals surface area contributed by atoms with Crippen molar-refractivity contribution < 1.29 is 18.0 Å². The molecule has 3 fully saturated rings. The summed E-state index contributed by atoms with van der Waals surface area (Å²) >= 11 is 6.34. The highest BCUT2D eigenvalue weighted by Gasteiger charge is 2.41. The van der Waals surface area contributed by atoms with Gasteiger partial charge in [0.05, 0.1) is 10.8 Å². The van der Waals surface area contributed by atoms with Crippen molar-refractivity contribution in [2.24, 2.45) is 0 Å². The lowest BCUT2D eigenvalue weighted by Crippen LogP contribution is -2.51. The number of carbonyl (C=O) groups excluding carboxylic acids is 2. The van der Waals surface area contributed by atoms with Crippen molar-refractivity contribution in [3.8, 4) is 5.69 Å². The Morgan fingerprint density at radius 3 is 2.12 bits per heavy atom. The second kappa shape index (κ2) is 11.1. The number of aromatic nitrogens is 1. The van der Waals surface area contributed by atoms with Gasteiger partial charge in [-0.25, -0.2) is 8.42 Å². The highest BCUT2D eigenvalue weighted by molar-refractivity contribution is 7.90. The van der Waals surface area contributed by atoms with Crippen LogP contribution in [0, 0.1) is 0 Å². The Hall–Kier alpha value is -2.92. The fraction of sp³-hybridized carbons (Fsp3) is 0.467. The highest BCUT2D eigenvalue weighted by Crippen LogP contribution is 2.32. The second-order valence-electron chi connectivity index (χ2n) is 11.5. The third-order valence-electron chi connectivity index (χ3n) is 8.50. The Bertz CT molecular complexity index is 1580. The molecule has 0 bridgehead atoms. The summed E-state index contributed by atoms with van der Waals surface area (Å²) in [5.74, 6) is -0.186. The molecule has 3 aromatic rings. The fourth-order valence-corrected chi connectivity index (χ4v) is 7.92. The first-order valence-corrected chi connectivity index (χ1v) is 16.2. The summed E-state index contributed by atoms with van der Waals surface area (Å²) < 4.78 is 28.8.